The van der Waals surface area contributed by atoms with Crippen LogP contribution in [0, 0.1) is 11.8 Å². The first-order valence-corrected chi connectivity index (χ1v) is 13.2. The number of aromatic nitrogens is 2. The molecule has 1 saturated carbocycles. The van der Waals surface area contributed by atoms with Crippen molar-refractivity contribution < 1.29 is 13.2 Å². The Labute approximate surface area is 210 Å². The predicted octanol–water partition coefficient (Wildman–Crippen LogP) is 5.37. The minimum absolute atomic E-state index is 0.0219. The number of amides is 1. The molecule has 2 heterocycles. The number of anilines is 2. The number of carbonyl (C=O) groups excluding carboxylic acids is 1. The highest BCUT2D eigenvalue weighted by Crippen LogP contribution is 2.58. The van der Waals surface area contributed by atoms with Crippen LogP contribution < -0.4 is 10.0 Å². The van der Waals surface area contributed by atoms with Crippen molar-refractivity contribution in [2.45, 2.75) is 24.7 Å². The molecule has 1 amide bonds. The van der Waals surface area contributed by atoms with Crippen molar-refractivity contribution in [3.63, 3.8) is 0 Å². The third kappa shape index (κ3) is 4.72. The first-order valence-electron chi connectivity index (χ1n) is 11.7. The summed E-state index contributed by atoms with van der Waals surface area (Å²) in [5, 5.41) is 5.08. The number of nitrogens with zero attached hydrogens (tertiary/aromatic N) is 2. The van der Waals surface area contributed by atoms with E-state index in [1.165, 1.54) is 6.20 Å². The van der Waals surface area contributed by atoms with Crippen LogP contribution in [0.4, 0.5) is 11.5 Å². The minimum Gasteiger partial charge on any atom is -0.326 e. The molecule has 3 unspecified atom stereocenters. The van der Waals surface area contributed by atoms with Gasteiger partial charge in [-0.3, -0.25) is 14.5 Å². The second-order valence-corrected chi connectivity index (χ2v) is 10.6. The van der Waals surface area contributed by atoms with Crippen LogP contribution in [0.3, 0.4) is 0 Å². The maximum Gasteiger partial charge on any atom is 0.263 e. The summed E-state index contributed by atoms with van der Waals surface area (Å²) in [5.41, 5.74) is 2.81. The SMILES string of the molecule is CC=C(C)C1C(C(=O)Nc2ccc3cnccc3c2)C1c1ccc(S(=O)(=O)Nc2ccccn2)cc1. The molecular weight excluding hydrogens is 472 g/mol. The van der Waals surface area contributed by atoms with Crippen LogP contribution in [0.25, 0.3) is 10.8 Å². The lowest BCUT2D eigenvalue weighted by molar-refractivity contribution is -0.117. The van der Waals surface area contributed by atoms with Crippen molar-refractivity contribution >= 4 is 38.2 Å². The number of pyridine rings is 2. The summed E-state index contributed by atoms with van der Waals surface area (Å²) < 4.78 is 28.0. The Morgan fingerprint density at radius 2 is 1.75 bits per heavy atom. The van der Waals surface area contributed by atoms with Crippen molar-refractivity contribution in [2.75, 3.05) is 10.0 Å². The molecule has 1 fully saturated rings. The molecule has 2 aromatic heterocycles. The molecular formula is C28H26N4O3S. The molecule has 0 spiro atoms. The van der Waals surface area contributed by atoms with Crippen molar-refractivity contribution in [1.29, 1.82) is 0 Å². The lowest BCUT2D eigenvalue weighted by atomic mass is 10.1. The molecule has 0 saturated heterocycles. The Hall–Kier alpha value is -4.04. The third-order valence-electron chi connectivity index (χ3n) is 6.69. The fourth-order valence-corrected chi connectivity index (χ4v) is 5.69. The third-order valence-corrected chi connectivity index (χ3v) is 8.06. The van der Waals surface area contributed by atoms with Gasteiger partial charge in [0.25, 0.3) is 10.0 Å². The molecule has 0 aliphatic heterocycles. The first-order chi connectivity index (χ1) is 17.4. The van der Waals surface area contributed by atoms with Crippen LogP contribution in [-0.4, -0.2) is 24.3 Å². The normalized spacial score (nSPS) is 19.6. The molecule has 0 radical (unpaired) electrons. The molecule has 2 aromatic carbocycles. The number of rotatable bonds is 7. The van der Waals surface area contributed by atoms with Crippen LogP contribution in [0.2, 0.25) is 0 Å². The Bertz CT molecular complexity index is 1550. The predicted molar refractivity (Wildman–Crippen MR) is 141 cm³/mol. The monoisotopic (exact) mass is 498 g/mol. The van der Waals surface area contributed by atoms with Gasteiger partial charge in [-0.2, -0.15) is 0 Å². The zero-order valence-electron chi connectivity index (χ0n) is 19.9. The Morgan fingerprint density at radius 3 is 2.47 bits per heavy atom. The molecule has 2 N–H and O–H groups in total. The van der Waals surface area contributed by atoms with Gasteiger partial charge < -0.3 is 5.32 Å². The lowest BCUT2D eigenvalue weighted by Gasteiger charge is -2.08. The van der Waals surface area contributed by atoms with Gasteiger partial charge in [0, 0.05) is 35.6 Å². The number of hydrogen-bond donors (Lipinski definition) is 2. The number of carbonyl (C=O) groups is 1. The molecule has 5 rings (SSSR count). The maximum atomic E-state index is 13.3. The van der Waals surface area contributed by atoms with Crippen LogP contribution in [0.15, 0.2) is 102 Å². The van der Waals surface area contributed by atoms with Crippen molar-refractivity contribution in [3.05, 3.63) is 103 Å². The largest absolute Gasteiger partial charge is 0.326 e. The van der Waals surface area contributed by atoms with Crippen molar-refractivity contribution in [2.24, 2.45) is 11.8 Å². The lowest BCUT2D eigenvalue weighted by Crippen LogP contribution is -2.15. The van der Waals surface area contributed by atoms with Crippen molar-refractivity contribution in [3.8, 4) is 0 Å². The van der Waals surface area contributed by atoms with Gasteiger partial charge >= 0.3 is 0 Å². The zero-order valence-corrected chi connectivity index (χ0v) is 20.7. The number of nitrogens with one attached hydrogen (secondary N) is 2. The van der Waals surface area contributed by atoms with Gasteiger partial charge in [0.2, 0.25) is 5.91 Å². The average molecular weight is 499 g/mol. The van der Waals surface area contributed by atoms with Crippen LogP contribution in [0.5, 0.6) is 0 Å². The van der Waals surface area contributed by atoms with E-state index in [-0.39, 0.29) is 34.4 Å². The molecule has 182 valence electrons. The molecule has 4 aromatic rings. The van der Waals surface area contributed by atoms with Crippen LogP contribution in [-0.2, 0) is 14.8 Å². The Balaban J connectivity index is 1.35. The quantitative estimate of drug-likeness (QED) is 0.334. The van der Waals surface area contributed by atoms with Crippen LogP contribution in [0.1, 0.15) is 25.3 Å². The standard InChI is InChI=1S/C28H26N4O3S/c1-3-18(2)25-26(27(25)28(33)31-22-10-7-21-17-29-15-13-20(21)16-22)19-8-11-23(12-9-19)36(34,35)32-24-6-4-5-14-30-24/h3-17,25-27H,1-2H3,(H,30,32)(H,31,33). The van der Waals surface area contributed by atoms with E-state index in [9.17, 15) is 13.2 Å². The summed E-state index contributed by atoms with van der Waals surface area (Å²) in [6.07, 6.45) is 7.08. The highest BCUT2D eigenvalue weighted by molar-refractivity contribution is 7.92. The van der Waals surface area contributed by atoms with E-state index in [0.29, 0.717) is 0 Å². The maximum absolute atomic E-state index is 13.3. The van der Waals surface area contributed by atoms with Gasteiger partial charge in [-0.1, -0.05) is 35.9 Å². The van der Waals surface area contributed by atoms with Gasteiger partial charge in [-0.15, -0.1) is 0 Å². The summed E-state index contributed by atoms with van der Waals surface area (Å²) in [4.78, 5) is 21.6. The summed E-state index contributed by atoms with van der Waals surface area (Å²) in [6.45, 7) is 4.00. The highest BCUT2D eigenvalue weighted by atomic mass is 32.2. The second kappa shape index (κ2) is 9.54. The van der Waals surface area contributed by atoms with E-state index in [4.69, 9.17) is 0 Å². The van der Waals surface area contributed by atoms with E-state index < -0.39 is 10.0 Å². The summed E-state index contributed by atoms with van der Waals surface area (Å²) in [6, 6.07) is 19.4. The second-order valence-electron chi connectivity index (χ2n) is 8.93. The molecule has 0 bridgehead atoms. The van der Waals surface area contributed by atoms with Gasteiger partial charge in [-0.05, 0) is 73.2 Å². The van der Waals surface area contributed by atoms with E-state index in [1.807, 2.05) is 44.2 Å². The van der Waals surface area contributed by atoms with Gasteiger partial charge in [-0.25, -0.2) is 13.4 Å². The molecule has 1 aliphatic rings. The number of benzene rings is 2. The number of fused-ring (bicyclic) bond motifs is 1. The number of hydrogen-bond acceptors (Lipinski definition) is 5. The van der Waals surface area contributed by atoms with E-state index in [1.54, 1.807) is 54.9 Å². The molecule has 3 atom stereocenters. The van der Waals surface area contributed by atoms with Crippen LogP contribution >= 0.6 is 0 Å². The molecule has 7 nitrogen and oxygen atoms in total. The zero-order chi connectivity index (χ0) is 25.3. The van der Waals surface area contributed by atoms with E-state index in [2.05, 4.69) is 20.0 Å². The van der Waals surface area contributed by atoms with Crippen molar-refractivity contribution in [1.82, 2.24) is 9.97 Å². The molecule has 8 heteroatoms. The fourth-order valence-electron chi connectivity index (χ4n) is 4.69. The van der Waals surface area contributed by atoms with E-state index in [0.717, 1.165) is 27.6 Å². The molecule has 1 aliphatic carbocycles. The van der Waals surface area contributed by atoms with Gasteiger partial charge in [0.15, 0.2) is 0 Å². The minimum atomic E-state index is -3.77. The fraction of sp³-hybridized carbons (Fsp3) is 0.179. The highest BCUT2D eigenvalue weighted by Gasteiger charge is 2.55. The summed E-state index contributed by atoms with van der Waals surface area (Å²) >= 11 is 0. The van der Waals surface area contributed by atoms with E-state index >= 15 is 0 Å². The first kappa shape index (κ1) is 23.7. The summed E-state index contributed by atoms with van der Waals surface area (Å²) in [5.74, 6) is 0.0194. The summed E-state index contributed by atoms with van der Waals surface area (Å²) in [7, 11) is -3.77. The van der Waals surface area contributed by atoms with Gasteiger partial charge in [0.05, 0.1) is 10.8 Å². The smallest absolute Gasteiger partial charge is 0.263 e. The topological polar surface area (TPSA) is 101 Å². The number of allylic oxidation sites excluding steroid dienone is 2. The average Bonchev–Trinajstić information content (AvgIpc) is 3.65. The Morgan fingerprint density at radius 1 is 0.944 bits per heavy atom. The van der Waals surface area contributed by atoms with Gasteiger partial charge in [0.1, 0.15) is 5.82 Å². The molecule has 36 heavy (non-hydrogen) atoms. The Kier molecular flexibility index (Phi) is 6.28. The number of sulfonamides is 1.